The Kier molecular flexibility index (Phi) is 9.25. The van der Waals surface area contributed by atoms with Crippen molar-refractivity contribution in [1.82, 2.24) is 9.73 Å². The number of amides is 1. The molecule has 0 radical (unpaired) electrons. The van der Waals surface area contributed by atoms with Crippen molar-refractivity contribution in [3.8, 4) is 11.5 Å². The highest BCUT2D eigenvalue weighted by molar-refractivity contribution is 7.89. The summed E-state index contributed by atoms with van der Waals surface area (Å²) in [7, 11) is -0.894. The maximum Gasteiger partial charge on any atom is 0.255 e. The maximum absolute atomic E-state index is 13.3. The molecule has 0 aliphatic heterocycles. The van der Waals surface area contributed by atoms with E-state index < -0.39 is 22.5 Å². The van der Waals surface area contributed by atoms with Gasteiger partial charge in [-0.1, -0.05) is 41.9 Å². The van der Waals surface area contributed by atoms with Crippen LogP contribution in [0.1, 0.15) is 11.1 Å². The predicted molar refractivity (Wildman–Crippen MR) is 136 cm³/mol. The zero-order valence-electron chi connectivity index (χ0n) is 19.3. The molecule has 0 aliphatic carbocycles. The number of carbonyl (C=O) groups excluding carboxylic acids is 1. The van der Waals surface area contributed by atoms with Crippen LogP contribution in [0.4, 0.5) is 0 Å². The molecule has 0 saturated heterocycles. The number of rotatable bonds is 11. The first-order valence-corrected chi connectivity index (χ1v) is 12.5. The Morgan fingerprint density at radius 2 is 1.74 bits per heavy atom. The second-order valence-electron chi connectivity index (χ2n) is 7.43. The monoisotopic (exact) mass is 515 g/mol. The number of carbonyl (C=O) groups is 1. The van der Waals surface area contributed by atoms with E-state index >= 15 is 0 Å². The molecule has 0 atom stereocenters. The Balaban J connectivity index is 1.74. The quantitative estimate of drug-likeness (QED) is 0.310. The fourth-order valence-corrected chi connectivity index (χ4v) is 4.76. The zero-order valence-corrected chi connectivity index (χ0v) is 20.9. The van der Waals surface area contributed by atoms with Crippen molar-refractivity contribution < 1.29 is 22.7 Å². The Labute approximate surface area is 210 Å². The van der Waals surface area contributed by atoms with E-state index in [2.05, 4.69) is 10.5 Å². The molecule has 3 rings (SSSR count). The van der Waals surface area contributed by atoms with Crippen molar-refractivity contribution in [1.29, 1.82) is 0 Å². The topological polar surface area (TPSA) is 97.3 Å². The second-order valence-corrected chi connectivity index (χ2v) is 9.80. The van der Waals surface area contributed by atoms with E-state index in [0.717, 1.165) is 9.87 Å². The van der Waals surface area contributed by atoms with Gasteiger partial charge in [0.2, 0.25) is 10.0 Å². The summed E-state index contributed by atoms with van der Waals surface area (Å²) in [6.07, 6.45) is 1.85. The first-order chi connectivity index (χ1) is 16.8. The van der Waals surface area contributed by atoms with E-state index in [1.165, 1.54) is 37.6 Å². The average molecular weight is 516 g/mol. The molecule has 0 unspecified atom stereocenters. The fourth-order valence-electron chi connectivity index (χ4n) is 3.23. The van der Waals surface area contributed by atoms with Crippen LogP contribution >= 0.6 is 11.6 Å². The highest BCUT2D eigenvalue weighted by Crippen LogP contribution is 2.23. The summed E-state index contributed by atoms with van der Waals surface area (Å²) in [6.45, 7) is -0.298. The van der Waals surface area contributed by atoms with Gasteiger partial charge in [0.1, 0.15) is 11.5 Å². The van der Waals surface area contributed by atoms with Crippen LogP contribution in [-0.2, 0) is 21.2 Å². The van der Waals surface area contributed by atoms with E-state index in [1.54, 1.807) is 25.3 Å². The van der Waals surface area contributed by atoms with Crippen molar-refractivity contribution in [3.05, 3.63) is 88.9 Å². The highest BCUT2D eigenvalue weighted by Gasteiger charge is 2.26. The predicted octanol–water partition coefficient (Wildman–Crippen LogP) is 3.74. The van der Waals surface area contributed by atoms with Gasteiger partial charge < -0.3 is 9.47 Å². The van der Waals surface area contributed by atoms with Crippen molar-refractivity contribution in [2.75, 3.05) is 27.3 Å². The number of hydrogen-bond donors (Lipinski definition) is 1. The molecular formula is C25H26ClN3O5S. The lowest BCUT2D eigenvalue weighted by molar-refractivity contribution is -0.121. The van der Waals surface area contributed by atoms with Crippen molar-refractivity contribution in [2.24, 2.45) is 5.10 Å². The Morgan fingerprint density at radius 3 is 2.40 bits per heavy atom. The molecule has 0 spiro atoms. The van der Waals surface area contributed by atoms with Gasteiger partial charge in [-0.25, -0.2) is 13.8 Å². The first-order valence-electron chi connectivity index (χ1n) is 10.7. The normalized spacial score (nSPS) is 11.5. The fraction of sp³-hybridized carbons (Fsp3) is 0.200. The molecule has 0 aliphatic rings. The van der Waals surface area contributed by atoms with Gasteiger partial charge in [0, 0.05) is 23.2 Å². The van der Waals surface area contributed by atoms with Crippen LogP contribution in [0.15, 0.2) is 82.8 Å². The lowest BCUT2D eigenvalue weighted by Gasteiger charge is -2.21. The van der Waals surface area contributed by atoms with E-state index in [9.17, 15) is 13.2 Å². The molecule has 0 bridgehead atoms. The van der Waals surface area contributed by atoms with Crippen LogP contribution in [0.5, 0.6) is 11.5 Å². The molecule has 0 aromatic heterocycles. The molecule has 10 heteroatoms. The third-order valence-corrected chi connectivity index (χ3v) is 7.21. The average Bonchev–Trinajstić information content (AvgIpc) is 2.87. The van der Waals surface area contributed by atoms with Crippen molar-refractivity contribution >= 4 is 33.7 Å². The molecule has 1 N–H and O–H groups in total. The van der Waals surface area contributed by atoms with E-state index in [4.69, 9.17) is 21.1 Å². The Bertz CT molecular complexity index is 1270. The van der Waals surface area contributed by atoms with Gasteiger partial charge in [0.25, 0.3) is 5.91 Å². The summed E-state index contributed by atoms with van der Waals surface area (Å²) in [5.41, 5.74) is 3.96. The molecule has 3 aromatic rings. The van der Waals surface area contributed by atoms with Crippen molar-refractivity contribution in [2.45, 2.75) is 11.3 Å². The van der Waals surface area contributed by atoms with Gasteiger partial charge in [-0.2, -0.15) is 9.41 Å². The standard InChI is InChI=1S/C25H26ClN3O5S/c1-33-22-11-8-20(24(16-22)34-2)17-27-28-25(30)18-29(15-14-19-6-4-3-5-7-19)35(31,32)23-12-9-21(26)10-13-23/h3-13,16-17H,14-15,18H2,1-2H3,(H,28,30)/b27-17-. The van der Waals surface area contributed by atoms with Crippen molar-refractivity contribution in [3.63, 3.8) is 0 Å². The lowest BCUT2D eigenvalue weighted by Crippen LogP contribution is -2.40. The maximum atomic E-state index is 13.3. The summed E-state index contributed by atoms with van der Waals surface area (Å²) >= 11 is 5.91. The minimum Gasteiger partial charge on any atom is -0.497 e. The molecule has 3 aromatic carbocycles. The summed E-state index contributed by atoms with van der Waals surface area (Å²) < 4.78 is 38.1. The highest BCUT2D eigenvalue weighted by atomic mass is 35.5. The molecular weight excluding hydrogens is 490 g/mol. The summed E-state index contributed by atoms with van der Waals surface area (Å²) in [6, 6.07) is 20.4. The number of sulfonamides is 1. The van der Waals surface area contributed by atoms with Gasteiger partial charge >= 0.3 is 0 Å². The van der Waals surface area contributed by atoms with Gasteiger partial charge in [0.15, 0.2) is 0 Å². The van der Waals surface area contributed by atoms with Gasteiger partial charge in [-0.3, -0.25) is 4.79 Å². The molecule has 184 valence electrons. The summed E-state index contributed by atoms with van der Waals surface area (Å²) in [5, 5.41) is 4.38. The number of nitrogens with zero attached hydrogens (tertiary/aromatic N) is 2. The van der Waals surface area contributed by atoms with E-state index in [-0.39, 0.29) is 11.4 Å². The number of halogens is 1. The third-order valence-electron chi connectivity index (χ3n) is 5.10. The molecule has 1 amide bonds. The second kappa shape index (κ2) is 12.3. The van der Waals surface area contributed by atoms with Crippen LogP contribution in [-0.4, -0.2) is 52.2 Å². The number of methoxy groups -OCH3 is 2. The SMILES string of the molecule is COc1ccc(/C=N\NC(=O)CN(CCc2ccccc2)S(=O)(=O)c2ccc(Cl)cc2)c(OC)c1. The molecule has 8 nitrogen and oxygen atoms in total. The van der Waals surface area contributed by atoms with Crippen LogP contribution in [0, 0.1) is 0 Å². The number of ether oxygens (including phenoxy) is 2. The van der Waals surface area contributed by atoms with Gasteiger partial charge in [0.05, 0.1) is 31.9 Å². The van der Waals surface area contributed by atoms with Crippen LogP contribution in [0.2, 0.25) is 5.02 Å². The van der Waals surface area contributed by atoms with E-state index in [0.29, 0.717) is 28.5 Å². The Hall–Kier alpha value is -3.40. The minimum absolute atomic E-state index is 0.0502. The third kappa shape index (κ3) is 7.29. The van der Waals surface area contributed by atoms with Gasteiger partial charge in [-0.05, 0) is 48.4 Å². The lowest BCUT2D eigenvalue weighted by atomic mass is 10.1. The van der Waals surface area contributed by atoms with Gasteiger partial charge in [-0.15, -0.1) is 0 Å². The number of benzene rings is 3. The Morgan fingerprint density at radius 1 is 1.03 bits per heavy atom. The minimum atomic E-state index is -3.95. The smallest absolute Gasteiger partial charge is 0.255 e. The molecule has 35 heavy (non-hydrogen) atoms. The number of hydrazone groups is 1. The number of hydrogen-bond acceptors (Lipinski definition) is 6. The summed E-state index contributed by atoms with van der Waals surface area (Å²) in [5.74, 6) is 0.543. The largest absolute Gasteiger partial charge is 0.497 e. The molecule has 0 saturated carbocycles. The molecule has 0 fully saturated rings. The van der Waals surface area contributed by atoms with Crippen LogP contribution in [0.25, 0.3) is 0 Å². The van der Waals surface area contributed by atoms with E-state index in [1.807, 2.05) is 30.3 Å². The number of nitrogens with one attached hydrogen (secondary N) is 1. The molecule has 0 heterocycles. The first kappa shape index (κ1) is 26.2. The van der Waals surface area contributed by atoms with Crippen LogP contribution in [0.3, 0.4) is 0 Å². The zero-order chi connectivity index (χ0) is 25.3. The summed E-state index contributed by atoms with van der Waals surface area (Å²) in [4.78, 5) is 12.7. The van der Waals surface area contributed by atoms with Crippen LogP contribution < -0.4 is 14.9 Å².